The van der Waals surface area contributed by atoms with Crippen molar-refractivity contribution < 1.29 is 4.74 Å². The van der Waals surface area contributed by atoms with Crippen LogP contribution in [0.3, 0.4) is 0 Å². The Kier molecular flexibility index (Phi) is 4.11. The second-order valence-corrected chi connectivity index (χ2v) is 4.73. The molecule has 18 heavy (non-hydrogen) atoms. The van der Waals surface area contributed by atoms with Crippen molar-refractivity contribution in [2.24, 2.45) is 0 Å². The van der Waals surface area contributed by atoms with Crippen LogP contribution in [-0.2, 0) is 0 Å². The number of halogens is 1. The van der Waals surface area contributed by atoms with Gasteiger partial charge in [-0.2, -0.15) is 0 Å². The lowest BCUT2D eigenvalue weighted by Crippen LogP contribution is -2.07. The van der Waals surface area contributed by atoms with Crippen molar-refractivity contribution in [3.63, 3.8) is 0 Å². The fraction of sp³-hybridized carbons (Fsp3) is 0.200. The monoisotopic (exact) mass is 261 g/mol. The normalized spacial score (nSPS) is 10.4. The summed E-state index contributed by atoms with van der Waals surface area (Å²) in [6.07, 6.45) is 0.146. The maximum Gasteiger partial charge on any atom is 0.143 e. The predicted octanol–water partition coefficient (Wildman–Crippen LogP) is 4.87. The summed E-state index contributed by atoms with van der Waals surface area (Å²) in [5.41, 5.74) is 1.88. The van der Waals surface area contributed by atoms with E-state index in [-0.39, 0.29) is 6.10 Å². The molecule has 0 aliphatic rings. The zero-order valence-electron chi connectivity index (χ0n) is 10.5. The zero-order valence-corrected chi connectivity index (χ0v) is 11.2. The lowest BCUT2D eigenvalue weighted by Gasteiger charge is -2.15. The van der Waals surface area contributed by atoms with Gasteiger partial charge in [-0.25, -0.2) is 0 Å². The minimum absolute atomic E-state index is 0.146. The number of anilines is 2. The van der Waals surface area contributed by atoms with Crippen LogP contribution in [0.5, 0.6) is 5.75 Å². The van der Waals surface area contributed by atoms with Gasteiger partial charge in [0.15, 0.2) is 0 Å². The first-order chi connectivity index (χ1) is 8.65. The second-order valence-electron chi connectivity index (χ2n) is 4.30. The largest absolute Gasteiger partial charge is 0.489 e. The van der Waals surface area contributed by atoms with Crippen LogP contribution in [0.1, 0.15) is 13.8 Å². The van der Waals surface area contributed by atoms with Crippen molar-refractivity contribution >= 4 is 23.0 Å². The molecule has 2 rings (SSSR count). The van der Waals surface area contributed by atoms with E-state index in [2.05, 4.69) is 5.32 Å². The average molecular weight is 262 g/mol. The van der Waals surface area contributed by atoms with Crippen molar-refractivity contribution in [2.75, 3.05) is 5.32 Å². The molecule has 2 aromatic rings. The maximum absolute atomic E-state index is 5.96. The molecule has 3 heteroatoms. The van der Waals surface area contributed by atoms with Gasteiger partial charge in [0.2, 0.25) is 0 Å². The van der Waals surface area contributed by atoms with Crippen LogP contribution in [0.4, 0.5) is 11.4 Å². The first-order valence-electron chi connectivity index (χ1n) is 5.93. The zero-order chi connectivity index (χ0) is 13.0. The number of hydrogen-bond acceptors (Lipinski definition) is 2. The number of hydrogen-bond donors (Lipinski definition) is 1. The maximum atomic E-state index is 5.96. The fourth-order valence-corrected chi connectivity index (χ4v) is 1.84. The molecule has 0 atom stereocenters. The van der Waals surface area contributed by atoms with E-state index >= 15 is 0 Å². The molecule has 1 N–H and O–H groups in total. The minimum Gasteiger partial charge on any atom is -0.489 e. The molecule has 0 amide bonds. The van der Waals surface area contributed by atoms with Crippen molar-refractivity contribution in [1.29, 1.82) is 0 Å². The molecule has 0 aliphatic heterocycles. The van der Waals surface area contributed by atoms with Crippen LogP contribution in [0.15, 0.2) is 48.5 Å². The highest BCUT2D eigenvalue weighted by Crippen LogP contribution is 2.29. The van der Waals surface area contributed by atoms with E-state index in [1.807, 2.05) is 62.4 Å². The van der Waals surface area contributed by atoms with Crippen molar-refractivity contribution in [1.82, 2.24) is 0 Å². The molecular weight excluding hydrogens is 246 g/mol. The van der Waals surface area contributed by atoms with E-state index in [1.54, 1.807) is 0 Å². The summed E-state index contributed by atoms with van der Waals surface area (Å²) in [5, 5.41) is 4.02. The minimum atomic E-state index is 0.146. The Morgan fingerprint density at radius 1 is 1.06 bits per heavy atom. The molecule has 0 saturated heterocycles. The third kappa shape index (κ3) is 3.41. The molecule has 0 aliphatic carbocycles. The van der Waals surface area contributed by atoms with Crippen LogP contribution in [0.25, 0.3) is 0 Å². The molecule has 2 nitrogen and oxygen atoms in total. The molecule has 2 aromatic carbocycles. The molecule has 0 spiro atoms. The molecule has 0 aromatic heterocycles. The highest BCUT2D eigenvalue weighted by atomic mass is 35.5. The highest BCUT2D eigenvalue weighted by Gasteiger charge is 2.05. The van der Waals surface area contributed by atoms with Gasteiger partial charge in [0.1, 0.15) is 5.75 Å². The lowest BCUT2D eigenvalue weighted by atomic mass is 10.2. The van der Waals surface area contributed by atoms with E-state index in [4.69, 9.17) is 16.3 Å². The standard InChI is InChI=1S/C15H16ClNO/c1-11(2)18-15-9-4-3-8-14(15)17-13-7-5-6-12(16)10-13/h3-11,17H,1-2H3. The number of nitrogens with one attached hydrogen (secondary N) is 1. The Hall–Kier alpha value is -1.67. The van der Waals surface area contributed by atoms with Crippen LogP contribution >= 0.6 is 11.6 Å². The molecule has 0 radical (unpaired) electrons. The van der Waals surface area contributed by atoms with Crippen molar-refractivity contribution in [2.45, 2.75) is 20.0 Å². The van der Waals surface area contributed by atoms with Crippen LogP contribution in [-0.4, -0.2) is 6.10 Å². The van der Waals surface area contributed by atoms with Gasteiger partial charge in [-0.1, -0.05) is 29.8 Å². The van der Waals surface area contributed by atoms with Crippen LogP contribution in [0.2, 0.25) is 5.02 Å². The summed E-state index contributed by atoms with van der Waals surface area (Å²) in [6.45, 7) is 4.02. The van der Waals surface area contributed by atoms with E-state index in [0.29, 0.717) is 5.02 Å². The Labute approximate surface area is 113 Å². The van der Waals surface area contributed by atoms with Gasteiger partial charge >= 0.3 is 0 Å². The van der Waals surface area contributed by atoms with Gasteiger partial charge in [-0.3, -0.25) is 0 Å². The Bertz CT molecular complexity index is 525. The molecule has 0 unspecified atom stereocenters. The van der Waals surface area contributed by atoms with Crippen LogP contribution < -0.4 is 10.1 Å². The van der Waals surface area contributed by atoms with Gasteiger partial charge < -0.3 is 10.1 Å². The smallest absolute Gasteiger partial charge is 0.143 e. The Morgan fingerprint density at radius 3 is 2.56 bits per heavy atom. The molecule has 0 saturated carbocycles. The number of benzene rings is 2. The van der Waals surface area contributed by atoms with E-state index < -0.39 is 0 Å². The summed E-state index contributed by atoms with van der Waals surface area (Å²) in [6, 6.07) is 15.5. The summed E-state index contributed by atoms with van der Waals surface area (Å²) in [4.78, 5) is 0. The lowest BCUT2D eigenvalue weighted by molar-refractivity contribution is 0.244. The highest BCUT2D eigenvalue weighted by molar-refractivity contribution is 6.30. The summed E-state index contributed by atoms with van der Waals surface area (Å²) < 4.78 is 5.75. The molecular formula is C15H16ClNO. The molecule has 0 heterocycles. The summed E-state index contributed by atoms with van der Waals surface area (Å²) in [5.74, 6) is 0.840. The van der Waals surface area contributed by atoms with E-state index in [0.717, 1.165) is 17.1 Å². The van der Waals surface area contributed by atoms with Crippen molar-refractivity contribution in [3.8, 4) is 5.75 Å². The van der Waals surface area contributed by atoms with Crippen LogP contribution in [0, 0.1) is 0 Å². The second kappa shape index (κ2) is 5.78. The van der Waals surface area contributed by atoms with Gasteiger partial charge in [-0.05, 0) is 44.2 Å². The predicted molar refractivity (Wildman–Crippen MR) is 76.9 cm³/mol. The van der Waals surface area contributed by atoms with Gasteiger partial charge in [0, 0.05) is 10.7 Å². The van der Waals surface area contributed by atoms with E-state index in [1.165, 1.54) is 0 Å². The summed E-state index contributed by atoms with van der Waals surface area (Å²) in [7, 11) is 0. The molecule has 0 fully saturated rings. The molecule has 94 valence electrons. The topological polar surface area (TPSA) is 21.3 Å². The third-order valence-corrected chi connectivity index (χ3v) is 2.59. The van der Waals surface area contributed by atoms with Gasteiger partial charge in [0.05, 0.1) is 11.8 Å². The SMILES string of the molecule is CC(C)Oc1ccccc1Nc1cccc(Cl)c1. The average Bonchev–Trinajstić information content (AvgIpc) is 2.31. The quantitative estimate of drug-likeness (QED) is 0.848. The van der Waals surface area contributed by atoms with E-state index in [9.17, 15) is 0 Å². The van der Waals surface area contributed by atoms with Gasteiger partial charge in [0.25, 0.3) is 0 Å². The summed E-state index contributed by atoms with van der Waals surface area (Å²) >= 11 is 5.96. The van der Waals surface area contributed by atoms with Crippen molar-refractivity contribution in [3.05, 3.63) is 53.6 Å². The first-order valence-corrected chi connectivity index (χ1v) is 6.31. The third-order valence-electron chi connectivity index (χ3n) is 2.35. The fourth-order valence-electron chi connectivity index (χ4n) is 1.65. The number of ether oxygens (including phenoxy) is 1. The van der Waals surface area contributed by atoms with Gasteiger partial charge in [-0.15, -0.1) is 0 Å². The number of rotatable bonds is 4. The Balaban J connectivity index is 2.23. The first kappa shape index (κ1) is 12.8. The Morgan fingerprint density at radius 2 is 1.83 bits per heavy atom. The molecule has 0 bridgehead atoms. The number of para-hydroxylation sites is 2.